The van der Waals surface area contributed by atoms with E-state index in [1.165, 1.54) is 5.39 Å². The highest BCUT2D eigenvalue weighted by Gasteiger charge is 2.17. The van der Waals surface area contributed by atoms with Crippen molar-refractivity contribution in [2.24, 2.45) is 0 Å². The molecule has 5 aromatic heterocycles. The van der Waals surface area contributed by atoms with Crippen LogP contribution < -0.4 is 4.74 Å². The Morgan fingerprint density at radius 3 is 1.94 bits per heavy atom. The molecule has 0 saturated carbocycles. The van der Waals surface area contributed by atoms with Crippen molar-refractivity contribution in [3.8, 4) is 34.0 Å². The van der Waals surface area contributed by atoms with Crippen molar-refractivity contribution in [2.45, 2.75) is 0 Å². The predicted octanol–water partition coefficient (Wildman–Crippen LogP) is 10.1. The number of hydrogen-bond acceptors (Lipinski definition) is 4. The van der Waals surface area contributed by atoms with E-state index in [2.05, 4.69) is 106 Å². The van der Waals surface area contributed by atoms with E-state index < -0.39 is 0 Å². The summed E-state index contributed by atoms with van der Waals surface area (Å²) in [6, 6.07) is 45.8. The summed E-state index contributed by atoms with van der Waals surface area (Å²) in [5.41, 5.74) is 7.87. The van der Waals surface area contributed by atoms with Gasteiger partial charge in [-0.05, 0) is 65.4 Å². The molecule has 47 heavy (non-hydrogen) atoms. The normalized spacial score (nSPS) is 11.8. The van der Waals surface area contributed by atoms with Gasteiger partial charge in [-0.2, -0.15) is 0 Å². The summed E-state index contributed by atoms with van der Waals surface area (Å²) < 4.78 is 11.0. The number of benzene rings is 5. The smallest absolute Gasteiger partial charge is 0.147 e. The quantitative estimate of drug-likeness (QED) is 0.188. The van der Waals surface area contributed by atoms with Crippen LogP contribution in [0.5, 0.6) is 11.5 Å². The average molecular weight is 604 g/mol. The first-order valence-electron chi connectivity index (χ1n) is 15.6. The third-order valence-corrected chi connectivity index (χ3v) is 9.05. The topological polar surface area (TPSA) is 56.7 Å². The van der Waals surface area contributed by atoms with E-state index in [1.54, 1.807) is 0 Å². The molecule has 0 amide bonds. The van der Waals surface area contributed by atoms with Gasteiger partial charge in [0.15, 0.2) is 0 Å². The molecule has 0 aliphatic carbocycles. The van der Waals surface area contributed by atoms with Crippen LogP contribution in [-0.4, -0.2) is 23.8 Å². The van der Waals surface area contributed by atoms with Crippen molar-refractivity contribution >= 4 is 54.8 Å². The number of fused-ring (bicyclic) bond motifs is 12. The highest BCUT2D eigenvalue weighted by atomic mass is 16.5. The van der Waals surface area contributed by atoms with Gasteiger partial charge >= 0.3 is 0 Å². The number of para-hydroxylation sites is 1. The predicted molar refractivity (Wildman–Crippen MR) is 189 cm³/mol. The molecule has 0 saturated heterocycles. The number of imidazole rings is 2. The van der Waals surface area contributed by atoms with Crippen LogP contribution >= 0.6 is 0 Å². The largest absolute Gasteiger partial charge is 0.457 e. The molecule has 0 unspecified atom stereocenters. The average Bonchev–Trinajstić information content (AvgIpc) is 3.79. The first-order chi connectivity index (χ1) is 23.3. The third kappa shape index (κ3) is 3.95. The lowest BCUT2D eigenvalue weighted by Gasteiger charge is -2.13. The number of aromatic nitrogens is 5. The van der Waals surface area contributed by atoms with Gasteiger partial charge in [-0.1, -0.05) is 78.9 Å². The van der Waals surface area contributed by atoms with Gasteiger partial charge in [-0.25, -0.2) is 15.0 Å². The lowest BCUT2D eigenvalue weighted by molar-refractivity contribution is 0.484. The van der Waals surface area contributed by atoms with Crippen LogP contribution in [0.2, 0.25) is 0 Å². The molecule has 0 N–H and O–H groups in total. The van der Waals surface area contributed by atoms with E-state index in [-0.39, 0.29) is 0 Å². The molecule has 6 nitrogen and oxygen atoms in total. The van der Waals surface area contributed by atoms with Crippen molar-refractivity contribution in [2.75, 3.05) is 0 Å². The number of rotatable bonds is 4. The molecular formula is C41H25N5O. The number of pyridine rings is 3. The van der Waals surface area contributed by atoms with Crippen LogP contribution in [0.3, 0.4) is 0 Å². The maximum absolute atomic E-state index is 6.61. The molecule has 220 valence electrons. The van der Waals surface area contributed by atoms with Gasteiger partial charge in [0.1, 0.15) is 28.4 Å². The van der Waals surface area contributed by atoms with Crippen molar-refractivity contribution in [3.05, 3.63) is 152 Å². The number of hydrogen-bond donors (Lipinski definition) is 0. The van der Waals surface area contributed by atoms with E-state index in [4.69, 9.17) is 19.7 Å². The monoisotopic (exact) mass is 603 g/mol. The van der Waals surface area contributed by atoms with E-state index in [1.807, 2.05) is 54.9 Å². The molecule has 6 heteroatoms. The fourth-order valence-corrected chi connectivity index (χ4v) is 6.92. The molecule has 10 aromatic rings. The van der Waals surface area contributed by atoms with Gasteiger partial charge in [0, 0.05) is 45.1 Å². The summed E-state index contributed by atoms with van der Waals surface area (Å²) >= 11 is 0. The zero-order valence-corrected chi connectivity index (χ0v) is 25.1. The molecule has 0 radical (unpaired) electrons. The molecule has 0 aliphatic heterocycles. The maximum atomic E-state index is 6.61. The van der Waals surface area contributed by atoms with Gasteiger partial charge < -0.3 is 4.74 Å². The Bertz CT molecular complexity index is 2770. The van der Waals surface area contributed by atoms with Gasteiger partial charge in [-0.3, -0.25) is 8.80 Å². The molecule has 0 aliphatic rings. The van der Waals surface area contributed by atoms with Crippen molar-refractivity contribution < 1.29 is 4.74 Å². The van der Waals surface area contributed by atoms with Gasteiger partial charge in [0.25, 0.3) is 0 Å². The van der Waals surface area contributed by atoms with E-state index in [0.29, 0.717) is 0 Å². The zero-order valence-electron chi connectivity index (χ0n) is 25.1. The van der Waals surface area contributed by atoms with Crippen LogP contribution in [0.25, 0.3) is 77.3 Å². The maximum Gasteiger partial charge on any atom is 0.147 e. The lowest BCUT2D eigenvalue weighted by Crippen LogP contribution is -1.95. The highest BCUT2D eigenvalue weighted by molar-refractivity contribution is 6.13. The Morgan fingerprint density at radius 1 is 0.489 bits per heavy atom. The van der Waals surface area contributed by atoms with Crippen molar-refractivity contribution in [3.63, 3.8) is 0 Å². The second-order valence-electron chi connectivity index (χ2n) is 11.8. The molecule has 0 spiro atoms. The van der Waals surface area contributed by atoms with E-state index in [0.717, 1.165) is 83.4 Å². The van der Waals surface area contributed by atoms with Crippen LogP contribution in [0.4, 0.5) is 0 Å². The molecule has 5 heterocycles. The fourth-order valence-electron chi connectivity index (χ4n) is 6.92. The summed E-state index contributed by atoms with van der Waals surface area (Å²) in [7, 11) is 0. The standard InChI is InChI=1S/C41H25N5O/c1-3-10-26(11-4-1)36-25-45-39-33(15-9-21-42-39)31-20-18-29(23-35(31)41(45)44-36)47-28-17-19-30-32-14-7-8-16-37(32)46-38(27-12-5-2-6-13-27)24-43-40(46)34(30)22-28/h1-25H. The number of ether oxygens (including phenoxy) is 1. The SMILES string of the molecule is c1ccc(-c2cn3c4ncccc4c4ccc(Oc5ccc6c7ccccc7n7c(-c8ccccc8)cnc7c6c5)cc4c3n2)cc1. The van der Waals surface area contributed by atoms with Gasteiger partial charge in [0.05, 0.1) is 23.1 Å². The van der Waals surface area contributed by atoms with Crippen LogP contribution in [0.15, 0.2) is 152 Å². The van der Waals surface area contributed by atoms with Crippen molar-refractivity contribution in [1.29, 1.82) is 0 Å². The second kappa shape index (κ2) is 9.99. The fraction of sp³-hybridized carbons (Fsp3) is 0. The first kappa shape index (κ1) is 25.8. The van der Waals surface area contributed by atoms with Crippen LogP contribution in [0, 0.1) is 0 Å². The molecule has 0 fully saturated rings. The summed E-state index contributed by atoms with van der Waals surface area (Å²) in [6.45, 7) is 0. The van der Waals surface area contributed by atoms with Crippen LogP contribution in [-0.2, 0) is 0 Å². The Morgan fingerprint density at radius 2 is 1.15 bits per heavy atom. The Kier molecular flexibility index (Phi) is 5.48. The highest BCUT2D eigenvalue weighted by Crippen LogP contribution is 2.38. The Balaban J connectivity index is 1.15. The van der Waals surface area contributed by atoms with E-state index >= 15 is 0 Å². The van der Waals surface area contributed by atoms with Gasteiger partial charge in [0.2, 0.25) is 0 Å². The molecule has 10 rings (SSSR count). The number of nitrogens with zero attached hydrogens (tertiary/aromatic N) is 5. The minimum absolute atomic E-state index is 0.733. The van der Waals surface area contributed by atoms with E-state index in [9.17, 15) is 0 Å². The first-order valence-corrected chi connectivity index (χ1v) is 15.6. The molecule has 0 bridgehead atoms. The Hall–Kier alpha value is -6.53. The van der Waals surface area contributed by atoms with Gasteiger partial charge in [-0.15, -0.1) is 0 Å². The van der Waals surface area contributed by atoms with Crippen molar-refractivity contribution in [1.82, 2.24) is 23.8 Å². The second-order valence-corrected chi connectivity index (χ2v) is 11.8. The zero-order chi connectivity index (χ0) is 30.9. The summed E-state index contributed by atoms with van der Waals surface area (Å²) in [5.74, 6) is 1.47. The molecular weight excluding hydrogens is 578 g/mol. The minimum atomic E-state index is 0.733. The Labute approximate surface area is 268 Å². The van der Waals surface area contributed by atoms with Crippen LogP contribution in [0.1, 0.15) is 0 Å². The summed E-state index contributed by atoms with van der Waals surface area (Å²) in [5, 5.41) is 6.47. The molecule has 0 atom stereocenters. The minimum Gasteiger partial charge on any atom is -0.457 e. The third-order valence-electron chi connectivity index (χ3n) is 9.05. The lowest BCUT2D eigenvalue weighted by atomic mass is 10.0. The summed E-state index contributed by atoms with van der Waals surface area (Å²) in [6.07, 6.45) is 5.86. The molecule has 5 aromatic carbocycles. The summed E-state index contributed by atoms with van der Waals surface area (Å²) in [4.78, 5) is 14.8.